The third-order valence-corrected chi connectivity index (χ3v) is 5.25. The summed E-state index contributed by atoms with van der Waals surface area (Å²) >= 11 is 5.90. The standard InChI is InChI=1S/C15H24ClNO3S/c1-3-5-7-13(6-4-2)17-21(19,20)14-8-9-15(16)12(10-14)11-18/h8-10,13,17-18H,3-7,11H2,1-2H3. The van der Waals surface area contributed by atoms with Gasteiger partial charge in [0.2, 0.25) is 10.0 Å². The van der Waals surface area contributed by atoms with E-state index < -0.39 is 10.0 Å². The third-order valence-electron chi connectivity index (χ3n) is 3.36. The van der Waals surface area contributed by atoms with Gasteiger partial charge in [-0.25, -0.2) is 13.1 Å². The zero-order valence-corrected chi connectivity index (χ0v) is 14.2. The second-order valence-electron chi connectivity index (χ2n) is 5.16. The first-order valence-electron chi connectivity index (χ1n) is 7.36. The van der Waals surface area contributed by atoms with Crippen molar-refractivity contribution >= 4 is 21.6 Å². The molecule has 4 nitrogen and oxygen atoms in total. The van der Waals surface area contributed by atoms with Crippen molar-refractivity contribution in [2.45, 2.75) is 63.5 Å². The normalized spacial score (nSPS) is 13.3. The molecule has 0 amide bonds. The average molecular weight is 334 g/mol. The topological polar surface area (TPSA) is 66.4 Å². The predicted molar refractivity (Wildman–Crippen MR) is 85.9 cm³/mol. The van der Waals surface area contributed by atoms with Crippen molar-refractivity contribution in [3.05, 3.63) is 28.8 Å². The van der Waals surface area contributed by atoms with Crippen LogP contribution in [-0.2, 0) is 16.6 Å². The molecule has 0 aliphatic carbocycles. The molecule has 0 saturated heterocycles. The van der Waals surface area contributed by atoms with Crippen LogP contribution in [-0.4, -0.2) is 19.6 Å². The fourth-order valence-electron chi connectivity index (χ4n) is 2.19. The quantitative estimate of drug-likeness (QED) is 0.727. The third kappa shape index (κ3) is 5.58. The van der Waals surface area contributed by atoms with E-state index in [-0.39, 0.29) is 17.5 Å². The van der Waals surface area contributed by atoms with Crippen LogP contribution >= 0.6 is 11.6 Å². The van der Waals surface area contributed by atoms with Gasteiger partial charge in [-0.05, 0) is 36.6 Å². The summed E-state index contributed by atoms with van der Waals surface area (Å²) in [7, 11) is -3.58. The second-order valence-corrected chi connectivity index (χ2v) is 7.28. The number of halogens is 1. The smallest absolute Gasteiger partial charge is 0.240 e. The Morgan fingerprint density at radius 3 is 2.52 bits per heavy atom. The summed E-state index contributed by atoms with van der Waals surface area (Å²) in [5.41, 5.74) is 0.417. The Labute approximate surface area is 132 Å². The molecule has 21 heavy (non-hydrogen) atoms. The van der Waals surface area contributed by atoms with Gasteiger partial charge in [-0.2, -0.15) is 0 Å². The summed E-state index contributed by atoms with van der Waals surface area (Å²) in [4.78, 5) is 0.147. The van der Waals surface area contributed by atoms with Crippen LogP contribution in [0.1, 0.15) is 51.5 Å². The van der Waals surface area contributed by atoms with Gasteiger partial charge >= 0.3 is 0 Å². The van der Waals surface area contributed by atoms with Crippen molar-refractivity contribution < 1.29 is 13.5 Å². The molecule has 0 heterocycles. The maximum atomic E-state index is 12.4. The molecule has 1 atom stereocenters. The van der Waals surface area contributed by atoms with Crippen LogP contribution in [0.5, 0.6) is 0 Å². The average Bonchev–Trinajstić information content (AvgIpc) is 2.45. The van der Waals surface area contributed by atoms with Gasteiger partial charge in [0, 0.05) is 11.1 Å². The van der Waals surface area contributed by atoms with Crippen LogP contribution in [0.15, 0.2) is 23.1 Å². The molecule has 0 aliphatic heterocycles. The molecule has 1 rings (SSSR count). The van der Waals surface area contributed by atoms with Crippen molar-refractivity contribution in [1.82, 2.24) is 4.72 Å². The number of aliphatic hydroxyl groups is 1. The Hall–Kier alpha value is -0.620. The molecule has 0 aliphatic rings. The number of hydrogen-bond donors (Lipinski definition) is 2. The van der Waals surface area contributed by atoms with Gasteiger partial charge in [0.05, 0.1) is 11.5 Å². The molecule has 0 bridgehead atoms. The molecular formula is C15H24ClNO3S. The van der Waals surface area contributed by atoms with E-state index in [9.17, 15) is 13.5 Å². The lowest BCUT2D eigenvalue weighted by Crippen LogP contribution is -2.34. The molecule has 2 N–H and O–H groups in total. The Kier molecular flexibility index (Phi) is 7.66. The van der Waals surface area contributed by atoms with E-state index in [4.69, 9.17) is 11.6 Å². The van der Waals surface area contributed by atoms with E-state index >= 15 is 0 Å². The van der Waals surface area contributed by atoms with Crippen molar-refractivity contribution in [3.63, 3.8) is 0 Å². The minimum absolute atomic E-state index is 0.0480. The summed E-state index contributed by atoms with van der Waals surface area (Å²) in [5, 5.41) is 9.56. The van der Waals surface area contributed by atoms with E-state index in [2.05, 4.69) is 11.6 Å². The van der Waals surface area contributed by atoms with Crippen LogP contribution in [0.4, 0.5) is 0 Å². The van der Waals surface area contributed by atoms with Gasteiger partial charge < -0.3 is 5.11 Å². The van der Waals surface area contributed by atoms with Gasteiger partial charge in [-0.1, -0.05) is 44.7 Å². The van der Waals surface area contributed by atoms with Gasteiger partial charge in [0.1, 0.15) is 0 Å². The number of aliphatic hydroxyl groups excluding tert-OH is 1. The fraction of sp³-hybridized carbons (Fsp3) is 0.600. The predicted octanol–water partition coefficient (Wildman–Crippen LogP) is 3.47. The first kappa shape index (κ1) is 18.4. The second kappa shape index (κ2) is 8.73. The molecule has 0 saturated carbocycles. The molecule has 1 aromatic rings. The maximum Gasteiger partial charge on any atom is 0.240 e. The lowest BCUT2D eigenvalue weighted by Gasteiger charge is -2.18. The summed E-state index contributed by atoms with van der Waals surface area (Å²) in [6, 6.07) is 4.34. The Balaban J connectivity index is 2.93. The Bertz CT molecular complexity index is 546. The first-order valence-corrected chi connectivity index (χ1v) is 9.22. The number of sulfonamides is 1. The number of rotatable bonds is 9. The Morgan fingerprint density at radius 1 is 1.24 bits per heavy atom. The maximum absolute atomic E-state index is 12.4. The van der Waals surface area contributed by atoms with Crippen LogP contribution < -0.4 is 4.72 Å². The van der Waals surface area contributed by atoms with Crippen LogP contribution in [0.25, 0.3) is 0 Å². The number of benzene rings is 1. The van der Waals surface area contributed by atoms with E-state index in [1.807, 2.05) is 6.92 Å². The largest absolute Gasteiger partial charge is 0.392 e. The summed E-state index contributed by atoms with van der Waals surface area (Å²) in [6.07, 6.45) is 4.62. The van der Waals surface area contributed by atoms with Crippen LogP contribution in [0.2, 0.25) is 5.02 Å². The first-order chi connectivity index (χ1) is 9.94. The molecule has 120 valence electrons. The van der Waals surface area contributed by atoms with Gasteiger partial charge in [0.25, 0.3) is 0 Å². The van der Waals surface area contributed by atoms with E-state index in [0.29, 0.717) is 10.6 Å². The monoisotopic (exact) mass is 333 g/mol. The highest BCUT2D eigenvalue weighted by Gasteiger charge is 2.20. The van der Waals surface area contributed by atoms with Crippen molar-refractivity contribution in [3.8, 4) is 0 Å². The van der Waals surface area contributed by atoms with E-state index in [0.717, 1.165) is 32.1 Å². The molecule has 6 heteroatoms. The molecule has 0 fully saturated rings. The SMILES string of the molecule is CCCCC(CCC)NS(=O)(=O)c1ccc(Cl)c(CO)c1. The van der Waals surface area contributed by atoms with E-state index in [1.165, 1.54) is 18.2 Å². The van der Waals surface area contributed by atoms with Crippen molar-refractivity contribution in [2.75, 3.05) is 0 Å². The minimum atomic E-state index is -3.58. The fourth-order valence-corrected chi connectivity index (χ4v) is 3.72. The van der Waals surface area contributed by atoms with Crippen molar-refractivity contribution in [1.29, 1.82) is 0 Å². The zero-order chi connectivity index (χ0) is 15.9. The van der Waals surface area contributed by atoms with Crippen molar-refractivity contribution in [2.24, 2.45) is 0 Å². The Morgan fingerprint density at radius 2 is 1.95 bits per heavy atom. The van der Waals surface area contributed by atoms with Gasteiger partial charge in [-0.3, -0.25) is 0 Å². The number of hydrogen-bond acceptors (Lipinski definition) is 3. The minimum Gasteiger partial charge on any atom is -0.392 e. The van der Waals surface area contributed by atoms with Crippen LogP contribution in [0.3, 0.4) is 0 Å². The van der Waals surface area contributed by atoms with Gasteiger partial charge in [-0.15, -0.1) is 0 Å². The summed E-state index contributed by atoms with van der Waals surface area (Å²) in [5.74, 6) is 0. The van der Waals surface area contributed by atoms with E-state index in [1.54, 1.807) is 0 Å². The molecule has 0 spiro atoms. The highest BCUT2D eigenvalue weighted by molar-refractivity contribution is 7.89. The molecule has 1 unspecified atom stereocenters. The molecule has 1 aromatic carbocycles. The lowest BCUT2D eigenvalue weighted by atomic mass is 10.1. The number of unbranched alkanes of at least 4 members (excludes halogenated alkanes) is 1. The number of nitrogens with one attached hydrogen (secondary N) is 1. The zero-order valence-electron chi connectivity index (χ0n) is 12.6. The summed E-state index contributed by atoms with van der Waals surface area (Å²) < 4.78 is 27.6. The molecule has 0 aromatic heterocycles. The summed E-state index contributed by atoms with van der Waals surface area (Å²) in [6.45, 7) is 3.85. The lowest BCUT2D eigenvalue weighted by molar-refractivity contribution is 0.281. The molecule has 0 radical (unpaired) electrons. The highest BCUT2D eigenvalue weighted by Crippen LogP contribution is 2.21. The highest BCUT2D eigenvalue weighted by atomic mass is 35.5. The van der Waals surface area contributed by atoms with Crippen LogP contribution in [0, 0.1) is 0 Å². The molecular weight excluding hydrogens is 310 g/mol. The van der Waals surface area contributed by atoms with Gasteiger partial charge in [0.15, 0.2) is 0 Å².